The van der Waals surface area contributed by atoms with Gasteiger partial charge in [0.15, 0.2) is 0 Å². The van der Waals surface area contributed by atoms with Gasteiger partial charge in [0.1, 0.15) is 0 Å². The minimum Gasteiger partial charge on any atom is -0.314 e. The highest BCUT2D eigenvalue weighted by atomic mass is 14.9. The van der Waals surface area contributed by atoms with Crippen LogP contribution in [0.25, 0.3) is 0 Å². The molecule has 1 unspecified atom stereocenters. The van der Waals surface area contributed by atoms with E-state index in [1.807, 2.05) is 0 Å². The zero-order valence-electron chi connectivity index (χ0n) is 10.2. The molecule has 0 saturated carbocycles. The molecule has 0 aliphatic carbocycles. The predicted molar refractivity (Wildman–Crippen MR) is 67.3 cm³/mol. The Bertz CT molecular complexity index is 280. The maximum Gasteiger partial charge on any atom is 0.00418 e. The number of hydrogen-bond donors (Lipinski definition) is 1. The van der Waals surface area contributed by atoms with E-state index in [-0.39, 0.29) is 0 Å². The molecule has 0 amide bonds. The quantitative estimate of drug-likeness (QED) is 0.751. The molecule has 0 saturated heterocycles. The van der Waals surface area contributed by atoms with Crippen molar-refractivity contribution in [1.29, 1.82) is 0 Å². The minimum absolute atomic E-state index is 0.630. The predicted octanol–water partition coefficient (Wildman–Crippen LogP) is 3.32. The highest BCUT2D eigenvalue weighted by Gasteiger charge is 2.01. The van der Waals surface area contributed by atoms with Gasteiger partial charge in [0.2, 0.25) is 0 Å². The maximum atomic E-state index is 3.52. The fourth-order valence-electron chi connectivity index (χ4n) is 1.74. The summed E-state index contributed by atoms with van der Waals surface area (Å²) in [5, 5.41) is 3.52. The summed E-state index contributed by atoms with van der Waals surface area (Å²) < 4.78 is 0. The Kier molecular flexibility index (Phi) is 5.41. The van der Waals surface area contributed by atoms with Gasteiger partial charge in [-0.15, -0.1) is 0 Å². The average Bonchev–Trinajstić information content (AvgIpc) is 2.23. The van der Waals surface area contributed by atoms with Crippen LogP contribution in [0.3, 0.4) is 0 Å². The number of nitrogens with one attached hydrogen (secondary N) is 1. The van der Waals surface area contributed by atoms with Crippen LogP contribution < -0.4 is 5.32 Å². The number of hydrogen-bond acceptors (Lipinski definition) is 1. The monoisotopic (exact) mass is 205 g/mol. The molecule has 1 nitrogen and oxygen atoms in total. The summed E-state index contributed by atoms with van der Waals surface area (Å²) in [4.78, 5) is 0. The third kappa shape index (κ3) is 4.98. The fraction of sp³-hybridized carbons (Fsp3) is 0.571. The van der Waals surface area contributed by atoms with Gasteiger partial charge in [0, 0.05) is 6.04 Å². The molecule has 0 bridgehead atoms. The van der Waals surface area contributed by atoms with E-state index < -0.39 is 0 Å². The van der Waals surface area contributed by atoms with Gasteiger partial charge in [0.25, 0.3) is 0 Å². The second-order valence-corrected chi connectivity index (χ2v) is 4.38. The summed E-state index contributed by atoms with van der Waals surface area (Å²) in [6.45, 7) is 7.77. The summed E-state index contributed by atoms with van der Waals surface area (Å²) in [6, 6.07) is 9.44. The molecule has 1 heteroatoms. The molecule has 0 radical (unpaired) electrons. The van der Waals surface area contributed by atoms with E-state index in [1.165, 1.54) is 30.4 Å². The molecule has 0 heterocycles. The molecular formula is C14H23N. The second kappa shape index (κ2) is 6.62. The van der Waals surface area contributed by atoms with Gasteiger partial charge in [-0.2, -0.15) is 0 Å². The van der Waals surface area contributed by atoms with Crippen molar-refractivity contribution in [3.63, 3.8) is 0 Å². The highest BCUT2D eigenvalue weighted by Crippen LogP contribution is 2.07. The van der Waals surface area contributed by atoms with Gasteiger partial charge in [-0.05, 0) is 45.2 Å². The molecule has 0 aliphatic heterocycles. The van der Waals surface area contributed by atoms with Gasteiger partial charge in [-0.3, -0.25) is 0 Å². The van der Waals surface area contributed by atoms with Crippen LogP contribution >= 0.6 is 0 Å². The van der Waals surface area contributed by atoms with E-state index in [0.717, 1.165) is 6.54 Å². The molecule has 15 heavy (non-hydrogen) atoms. The maximum absolute atomic E-state index is 3.52. The molecule has 84 valence electrons. The molecule has 1 N–H and O–H groups in total. The first-order chi connectivity index (χ1) is 7.22. The van der Waals surface area contributed by atoms with E-state index in [1.54, 1.807) is 0 Å². The third-order valence-corrected chi connectivity index (χ3v) is 2.69. The summed E-state index contributed by atoms with van der Waals surface area (Å²) >= 11 is 0. The molecule has 1 atom stereocenters. The number of aryl methyl sites for hydroxylation is 2. The van der Waals surface area contributed by atoms with Crippen LogP contribution in [0.5, 0.6) is 0 Å². The first-order valence-electron chi connectivity index (χ1n) is 6.01. The van der Waals surface area contributed by atoms with Crippen molar-refractivity contribution < 1.29 is 0 Å². The van der Waals surface area contributed by atoms with Crippen LogP contribution in [0.2, 0.25) is 0 Å². The lowest BCUT2D eigenvalue weighted by atomic mass is 10.0. The van der Waals surface area contributed by atoms with E-state index in [9.17, 15) is 0 Å². The molecule has 1 aromatic rings. The van der Waals surface area contributed by atoms with Gasteiger partial charge in [-0.1, -0.05) is 36.8 Å². The van der Waals surface area contributed by atoms with Crippen molar-refractivity contribution >= 4 is 0 Å². The summed E-state index contributed by atoms with van der Waals surface area (Å²) in [7, 11) is 0. The van der Waals surface area contributed by atoms with Gasteiger partial charge in [0.05, 0.1) is 0 Å². The smallest absolute Gasteiger partial charge is 0.00418 e. The fourth-order valence-corrected chi connectivity index (χ4v) is 1.74. The topological polar surface area (TPSA) is 12.0 Å². The first kappa shape index (κ1) is 12.3. The van der Waals surface area contributed by atoms with Crippen LogP contribution in [-0.4, -0.2) is 12.6 Å². The summed E-state index contributed by atoms with van der Waals surface area (Å²) in [5.41, 5.74) is 2.82. The Morgan fingerprint density at radius 1 is 1.33 bits per heavy atom. The number of rotatable bonds is 6. The van der Waals surface area contributed by atoms with Gasteiger partial charge < -0.3 is 5.32 Å². The molecule has 1 rings (SSSR count). The lowest BCUT2D eigenvalue weighted by Gasteiger charge is -2.12. The molecule has 1 aromatic carbocycles. The van der Waals surface area contributed by atoms with Crippen molar-refractivity contribution in [2.24, 2.45) is 0 Å². The van der Waals surface area contributed by atoms with Crippen LogP contribution in [0.4, 0.5) is 0 Å². The number of benzene rings is 1. The molecule has 0 spiro atoms. The Morgan fingerprint density at radius 2 is 2.13 bits per heavy atom. The van der Waals surface area contributed by atoms with Crippen LogP contribution in [-0.2, 0) is 6.42 Å². The Balaban J connectivity index is 2.30. The molecule has 0 aliphatic rings. The SMILES string of the molecule is CCCNC(C)CCc1cccc(C)c1. The highest BCUT2D eigenvalue weighted by molar-refractivity contribution is 5.22. The Labute approximate surface area is 93.9 Å². The lowest BCUT2D eigenvalue weighted by molar-refractivity contribution is 0.514. The largest absolute Gasteiger partial charge is 0.314 e. The zero-order valence-corrected chi connectivity index (χ0v) is 10.2. The molecule has 0 fully saturated rings. The molecule has 0 aromatic heterocycles. The average molecular weight is 205 g/mol. The van der Waals surface area contributed by atoms with Crippen LogP contribution in [0, 0.1) is 6.92 Å². The third-order valence-electron chi connectivity index (χ3n) is 2.69. The first-order valence-corrected chi connectivity index (χ1v) is 6.01. The van der Waals surface area contributed by atoms with Crippen molar-refractivity contribution in [3.8, 4) is 0 Å². The van der Waals surface area contributed by atoms with Gasteiger partial charge in [-0.25, -0.2) is 0 Å². The van der Waals surface area contributed by atoms with Crippen LogP contribution in [0.15, 0.2) is 24.3 Å². The Morgan fingerprint density at radius 3 is 2.80 bits per heavy atom. The summed E-state index contributed by atoms with van der Waals surface area (Å²) in [5.74, 6) is 0. The minimum atomic E-state index is 0.630. The lowest BCUT2D eigenvalue weighted by Crippen LogP contribution is -2.27. The van der Waals surface area contributed by atoms with E-state index in [0.29, 0.717) is 6.04 Å². The normalized spacial score (nSPS) is 12.7. The van der Waals surface area contributed by atoms with Crippen molar-refractivity contribution in [2.45, 2.75) is 46.1 Å². The van der Waals surface area contributed by atoms with Crippen LogP contribution in [0.1, 0.15) is 37.8 Å². The zero-order chi connectivity index (χ0) is 11.1. The molecular weight excluding hydrogens is 182 g/mol. The van der Waals surface area contributed by atoms with Gasteiger partial charge >= 0.3 is 0 Å². The second-order valence-electron chi connectivity index (χ2n) is 4.38. The summed E-state index contributed by atoms with van der Waals surface area (Å²) in [6.07, 6.45) is 3.62. The van der Waals surface area contributed by atoms with Crippen molar-refractivity contribution in [1.82, 2.24) is 5.32 Å². The standard InChI is InChI=1S/C14H23N/c1-4-10-15-13(3)8-9-14-7-5-6-12(2)11-14/h5-7,11,13,15H,4,8-10H2,1-3H3. The van der Waals surface area contributed by atoms with E-state index in [2.05, 4.69) is 50.4 Å². The van der Waals surface area contributed by atoms with E-state index >= 15 is 0 Å². The van der Waals surface area contributed by atoms with Crippen molar-refractivity contribution in [3.05, 3.63) is 35.4 Å². The van der Waals surface area contributed by atoms with E-state index in [4.69, 9.17) is 0 Å². The Hall–Kier alpha value is -0.820. The van der Waals surface area contributed by atoms with Crippen molar-refractivity contribution in [2.75, 3.05) is 6.54 Å².